The fourth-order valence-electron chi connectivity index (χ4n) is 4.23. The minimum atomic E-state index is 0.424. The van der Waals surface area contributed by atoms with Crippen LogP contribution in [-0.4, -0.2) is 54.2 Å². The van der Waals surface area contributed by atoms with Crippen molar-refractivity contribution in [3.8, 4) is 17.1 Å². The van der Waals surface area contributed by atoms with Crippen LogP contribution in [0.5, 0.6) is 6.01 Å². The minimum absolute atomic E-state index is 0.424. The maximum atomic E-state index is 5.54. The maximum absolute atomic E-state index is 5.54. The van der Waals surface area contributed by atoms with Gasteiger partial charge in [0.05, 0.1) is 18.0 Å². The largest absolute Gasteiger partial charge is 0.463 e. The topological polar surface area (TPSA) is 66.2 Å². The molecule has 0 unspecified atom stereocenters. The molecule has 4 rings (SSSR count). The lowest BCUT2D eigenvalue weighted by Gasteiger charge is -2.36. The van der Waals surface area contributed by atoms with Crippen LogP contribution in [-0.2, 0) is 0 Å². The van der Waals surface area contributed by atoms with Gasteiger partial charge in [0.15, 0.2) is 0 Å². The summed E-state index contributed by atoms with van der Waals surface area (Å²) in [6.45, 7) is 10.7. The number of hydrogen-bond acceptors (Lipinski definition) is 7. The molecule has 2 heterocycles. The zero-order valence-corrected chi connectivity index (χ0v) is 21.6. The lowest BCUT2D eigenvalue weighted by Crippen LogP contribution is -2.46. The lowest BCUT2D eigenvalue weighted by molar-refractivity contribution is 0.252. The SMILES string of the molecule is CCCCCN1CCN(c2ccc(N=Nc3ccc(-c4cnc(OCCCC)nc4)cc3)cc2)CC1. The molecule has 190 valence electrons. The molecule has 0 radical (unpaired) electrons. The summed E-state index contributed by atoms with van der Waals surface area (Å²) in [4.78, 5) is 13.7. The van der Waals surface area contributed by atoms with Gasteiger partial charge in [0.2, 0.25) is 0 Å². The van der Waals surface area contributed by atoms with E-state index in [2.05, 4.69) is 56.0 Å². The molecule has 7 heteroatoms. The third-order valence-corrected chi connectivity index (χ3v) is 6.50. The fraction of sp³-hybridized carbons (Fsp3) is 0.448. The number of hydrogen-bond donors (Lipinski definition) is 0. The summed E-state index contributed by atoms with van der Waals surface area (Å²) < 4.78 is 5.54. The zero-order chi connectivity index (χ0) is 25.0. The number of piperazine rings is 1. The van der Waals surface area contributed by atoms with E-state index in [0.29, 0.717) is 12.6 Å². The number of rotatable bonds is 12. The van der Waals surface area contributed by atoms with E-state index in [1.54, 1.807) is 12.4 Å². The van der Waals surface area contributed by atoms with Gasteiger partial charge in [-0.25, -0.2) is 9.97 Å². The highest BCUT2D eigenvalue weighted by Gasteiger charge is 2.16. The Hall–Kier alpha value is -3.32. The molecule has 3 aromatic rings. The Bertz CT molecular complexity index is 1060. The Morgan fingerprint density at radius 3 is 1.94 bits per heavy atom. The summed E-state index contributed by atoms with van der Waals surface area (Å²) >= 11 is 0. The van der Waals surface area contributed by atoms with Gasteiger partial charge in [0.1, 0.15) is 0 Å². The molecule has 1 aliphatic heterocycles. The monoisotopic (exact) mass is 486 g/mol. The highest BCUT2D eigenvalue weighted by molar-refractivity contribution is 5.63. The molecule has 0 aliphatic carbocycles. The fourth-order valence-corrected chi connectivity index (χ4v) is 4.23. The van der Waals surface area contributed by atoms with Gasteiger partial charge in [-0.3, -0.25) is 4.90 Å². The van der Waals surface area contributed by atoms with E-state index in [1.807, 2.05) is 36.4 Å². The van der Waals surface area contributed by atoms with Crippen LogP contribution in [0.1, 0.15) is 46.0 Å². The van der Waals surface area contributed by atoms with Gasteiger partial charge in [-0.2, -0.15) is 10.2 Å². The van der Waals surface area contributed by atoms with E-state index in [1.165, 1.54) is 31.5 Å². The third kappa shape index (κ3) is 7.59. The van der Waals surface area contributed by atoms with E-state index < -0.39 is 0 Å². The molecule has 0 saturated carbocycles. The van der Waals surface area contributed by atoms with Crippen molar-refractivity contribution in [2.45, 2.75) is 46.0 Å². The van der Waals surface area contributed by atoms with Crippen LogP contribution in [0.25, 0.3) is 11.1 Å². The molecule has 1 aliphatic rings. The summed E-state index contributed by atoms with van der Waals surface area (Å²) in [6.07, 6.45) is 9.60. The zero-order valence-electron chi connectivity index (χ0n) is 21.6. The molecule has 36 heavy (non-hydrogen) atoms. The van der Waals surface area contributed by atoms with Gasteiger partial charge in [-0.15, -0.1) is 0 Å². The van der Waals surface area contributed by atoms with Crippen LogP contribution in [0.15, 0.2) is 71.2 Å². The summed E-state index contributed by atoms with van der Waals surface area (Å²) in [5.41, 5.74) is 4.90. The predicted octanol–water partition coefficient (Wildman–Crippen LogP) is 7.05. The summed E-state index contributed by atoms with van der Waals surface area (Å²) in [7, 11) is 0. The Morgan fingerprint density at radius 1 is 0.722 bits per heavy atom. The van der Waals surface area contributed by atoms with Gasteiger partial charge in [0.25, 0.3) is 0 Å². The van der Waals surface area contributed by atoms with Crippen molar-refractivity contribution in [3.63, 3.8) is 0 Å². The van der Waals surface area contributed by atoms with Crippen LogP contribution in [0, 0.1) is 0 Å². The molecule has 0 amide bonds. The van der Waals surface area contributed by atoms with Crippen molar-refractivity contribution in [1.29, 1.82) is 0 Å². The van der Waals surface area contributed by atoms with Crippen molar-refractivity contribution in [2.75, 3.05) is 44.2 Å². The van der Waals surface area contributed by atoms with E-state index in [9.17, 15) is 0 Å². The second-order valence-corrected chi connectivity index (χ2v) is 9.26. The smallest absolute Gasteiger partial charge is 0.316 e. The van der Waals surface area contributed by atoms with Crippen molar-refractivity contribution in [3.05, 3.63) is 60.9 Å². The minimum Gasteiger partial charge on any atom is -0.463 e. The average Bonchev–Trinajstić information content (AvgIpc) is 2.94. The molecule has 0 bridgehead atoms. The first-order valence-electron chi connectivity index (χ1n) is 13.3. The van der Waals surface area contributed by atoms with Crippen molar-refractivity contribution >= 4 is 17.1 Å². The van der Waals surface area contributed by atoms with Gasteiger partial charge < -0.3 is 9.64 Å². The Morgan fingerprint density at radius 2 is 1.33 bits per heavy atom. The van der Waals surface area contributed by atoms with Crippen LogP contribution in [0.4, 0.5) is 17.1 Å². The number of aromatic nitrogens is 2. The van der Waals surface area contributed by atoms with E-state index in [-0.39, 0.29) is 0 Å². The number of nitrogens with zero attached hydrogens (tertiary/aromatic N) is 6. The van der Waals surface area contributed by atoms with Crippen LogP contribution in [0.2, 0.25) is 0 Å². The molecular formula is C29H38N6O. The first-order chi connectivity index (χ1) is 17.7. The number of benzene rings is 2. The lowest BCUT2D eigenvalue weighted by atomic mass is 10.1. The number of azo groups is 1. The summed E-state index contributed by atoms with van der Waals surface area (Å²) in [5, 5.41) is 8.83. The summed E-state index contributed by atoms with van der Waals surface area (Å²) in [6, 6.07) is 16.8. The average molecular weight is 487 g/mol. The Kier molecular flexibility index (Phi) is 9.79. The van der Waals surface area contributed by atoms with Crippen molar-refractivity contribution in [1.82, 2.24) is 14.9 Å². The Labute approximate surface area is 215 Å². The molecule has 1 saturated heterocycles. The third-order valence-electron chi connectivity index (χ3n) is 6.50. The van der Waals surface area contributed by atoms with E-state index >= 15 is 0 Å². The van der Waals surface area contributed by atoms with Gasteiger partial charge in [0, 0.05) is 49.8 Å². The van der Waals surface area contributed by atoms with Gasteiger partial charge in [-0.05, 0) is 61.3 Å². The molecule has 1 fully saturated rings. The molecule has 1 aromatic heterocycles. The normalized spacial score (nSPS) is 14.4. The molecule has 0 N–H and O–H groups in total. The molecule has 2 aromatic carbocycles. The van der Waals surface area contributed by atoms with Crippen molar-refractivity contribution < 1.29 is 4.74 Å². The van der Waals surface area contributed by atoms with Crippen LogP contribution in [0.3, 0.4) is 0 Å². The predicted molar refractivity (Wildman–Crippen MR) is 147 cm³/mol. The van der Waals surface area contributed by atoms with Gasteiger partial charge in [-0.1, -0.05) is 45.2 Å². The number of ether oxygens (including phenoxy) is 1. The number of unbranched alkanes of at least 4 members (excludes halogenated alkanes) is 3. The summed E-state index contributed by atoms with van der Waals surface area (Å²) in [5.74, 6) is 0. The van der Waals surface area contributed by atoms with Crippen LogP contribution >= 0.6 is 0 Å². The standard InChI is InChI=1S/C29H38N6O/c1-3-5-7-16-34-17-19-35(20-18-34)28-14-12-27(13-15-28)33-32-26-10-8-24(9-11-26)25-22-30-29(31-23-25)36-21-6-4-2/h8-15,22-23H,3-7,16-21H2,1-2H3. The highest BCUT2D eigenvalue weighted by atomic mass is 16.5. The highest BCUT2D eigenvalue weighted by Crippen LogP contribution is 2.25. The van der Waals surface area contributed by atoms with Gasteiger partial charge >= 0.3 is 6.01 Å². The second kappa shape index (κ2) is 13.7. The quantitative estimate of drug-likeness (QED) is 0.203. The van der Waals surface area contributed by atoms with Crippen LogP contribution < -0.4 is 9.64 Å². The van der Waals surface area contributed by atoms with E-state index in [0.717, 1.165) is 61.5 Å². The van der Waals surface area contributed by atoms with E-state index in [4.69, 9.17) is 4.74 Å². The Balaban J connectivity index is 1.27. The number of anilines is 1. The molecule has 0 spiro atoms. The maximum Gasteiger partial charge on any atom is 0.316 e. The first-order valence-corrected chi connectivity index (χ1v) is 13.3. The molecule has 0 atom stereocenters. The van der Waals surface area contributed by atoms with Crippen molar-refractivity contribution in [2.24, 2.45) is 10.2 Å². The second-order valence-electron chi connectivity index (χ2n) is 9.26. The molecular weight excluding hydrogens is 448 g/mol. The molecule has 7 nitrogen and oxygen atoms in total. The first kappa shape index (κ1) is 25.8.